The molecule has 160 valence electrons. The second-order valence-electron chi connectivity index (χ2n) is 8.49. The van der Waals surface area contributed by atoms with Crippen molar-refractivity contribution in [3.63, 3.8) is 0 Å². The fourth-order valence-corrected chi connectivity index (χ4v) is 6.13. The fraction of sp³-hybridized carbons (Fsp3) is 0.600. The van der Waals surface area contributed by atoms with Crippen LogP contribution in [0.3, 0.4) is 0 Å². The Morgan fingerprint density at radius 3 is 2.52 bits per heavy atom. The van der Waals surface area contributed by atoms with Crippen LogP contribution in [0.4, 0.5) is 13.2 Å². The number of aryl methyl sites for hydroxylation is 1. The molecule has 0 saturated heterocycles. The van der Waals surface area contributed by atoms with Crippen LogP contribution in [0.25, 0.3) is 10.1 Å². The van der Waals surface area contributed by atoms with Crippen LogP contribution in [0.2, 0.25) is 0 Å². The second kappa shape index (κ2) is 10.1. The number of unbranched alkanes of at least 4 members (excludes halogenated alkanes) is 2. The number of allylic oxidation sites excluding steroid dienone is 2. The molecule has 0 amide bonds. The topological polar surface area (TPSA) is 0 Å². The molecule has 0 spiro atoms. The minimum atomic E-state index is -4.30. The van der Waals surface area contributed by atoms with Gasteiger partial charge in [0.2, 0.25) is 0 Å². The van der Waals surface area contributed by atoms with E-state index in [1.165, 1.54) is 49.9 Å². The Bertz CT molecular complexity index is 807. The van der Waals surface area contributed by atoms with E-state index >= 15 is 0 Å². The molecule has 1 aliphatic rings. The van der Waals surface area contributed by atoms with Crippen molar-refractivity contribution in [3.8, 4) is 0 Å². The summed E-state index contributed by atoms with van der Waals surface area (Å²) in [7, 11) is 0. The van der Waals surface area contributed by atoms with Gasteiger partial charge in [0.1, 0.15) is 0 Å². The van der Waals surface area contributed by atoms with E-state index in [9.17, 15) is 13.2 Å². The number of hydrogen-bond acceptors (Lipinski definition) is 1. The summed E-state index contributed by atoms with van der Waals surface area (Å²) in [6, 6.07) is 5.62. The highest BCUT2D eigenvalue weighted by molar-refractivity contribution is 7.19. The molecule has 1 heterocycles. The Hall–Kier alpha value is -1.29. The highest BCUT2D eigenvalue weighted by Crippen LogP contribution is 2.46. The van der Waals surface area contributed by atoms with Crippen LogP contribution in [-0.4, -0.2) is 0 Å². The van der Waals surface area contributed by atoms with Crippen LogP contribution in [-0.2, 0) is 12.6 Å². The van der Waals surface area contributed by atoms with Gasteiger partial charge in [0.15, 0.2) is 0 Å². The van der Waals surface area contributed by atoms with Crippen molar-refractivity contribution in [2.24, 2.45) is 5.92 Å². The zero-order chi connectivity index (χ0) is 20.9. The maximum Gasteiger partial charge on any atom is 0.418 e. The molecule has 1 saturated carbocycles. The maximum absolute atomic E-state index is 13.9. The van der Waals surface area contributed by atoms with Gasteiger partial charge in [-0.25, -0.2) is 0 Å². The quantitative estimate of drug-likeness (QED) is 0.294. The number of halogens is 3. The van der Waals surface area contributed by atoms with E-state index < -0.39 is 11.7 Å². The first-order valence-corrected chi connectivity index (χ1v) is 12.0. The monoisotopic (exact) mass is 422 g/mol. The minimum Gasteiger partial charge on any atom is -0.166 e. The third kappa shape index (κ3) is 5.65. The third-order valence-corrected chi connectivity index (χ3v) is 7.69. The molecule has 1 aromatic heterocycles. The Morgan fingerprint density at radius 1 is 1.10 bits per heavy atom. The summed E-state index contributed by atoms with van der Waals surface area (Å²) in [6.45, 7) is 4.14. The summed E-state index contributed by atoms with van der Waals surface area (Å²) >= 11 is 1.40. The molecule has 0 nitrogen and oxygen atoms in total. The third-order valence-electron chi connectivity index (χ3n) is 6.36. The highest BCUT2D eigenvalue weighted by atomic mass is 32.1. The van der Waals surface area contributed by atoms with E-state index in [1.54, 1.807) is 6.07 Å². The van der Waals surface area contributed by atoms with E-state index in [1.807, 2.05) is 31.2 Å². The number of benzene rings is 1. The average molecular weight is 423 g/mol. The molecule has 0 bridgehead atoms. The first-order chi connectivity index (χ1) is 13.9. The van der Waals surface area contributed by atoms with Gasteiger partial charge in [0.25, 0.3) is 0 Å². The van der Waals surface area contributed by atoms with Gasteiger partial charge in [0.05, 0.1) is 5.56 Å². The second-order valence-corrected chi connectivity index (χ2v) is 9.57. The summed E-state index contributed by atoms with van der Waals surface area (Å²) in [5.41, 5.74) is 0.0279. The lowest BCUT2D eigenvalue weighted by atomic mass is 9.79. The molecule has 3 rings (SSSR count). The molecule has 0 atom stereocenters. The van der Waals surface area contributed by atoms with Gasteiger partial charge in [0, 0.05) is 9.58 Å². The summed E-state index contributed by atoms with van der Waals surface area (Å²) in [6.07, 6.45) is 10.5. The summed E-state index contributed by atoms with van der Waals surface area (Å²) in [4.78, 5) is 1.16. The molecule has 0 aliphatic heterocycles. The highest BCUT2D eigenvalue weighted by Gasteiger charge is 2.36. The molecule has 4 heteroatoms. The molecule has 1 fully saturated rings. The van der Waals surface area contributed by atoms with Gasteiger partial charge in [-0.1, -0.05) is 56.9 Å². The van der Waals surface area contributed by atoms with Crippen LogP contribution >= 0.6 is 11.3 Å². The molecular weight excluding hydrogens is 389 g/mol. The summed E-state index contributed by atoms with van der Waals surface area (Å²) < 4.78 is 42.2. The van der Waals surface area contributed by atoms with Crippen LogP contribution in [0.15, 0.2) is 30.4 Å². The van der Waals surface area contributed by atoms with Crippen molar-refractivity contribution in [3.05, 3.63) is 46.4 Å². The van der Waals surface area contributed by atoms with E-state index in [4.69, 9.17) is 0 Å². The van der Waals surface area contributed by atoms with E-state index in [0.29, 0.717) is 29.0 Å². The van der Waals surface area contributed by atoms with Gasteiger partial charge in [-0.15, -0.1) is 11.3 Å². The molecule has 2 aromatic rings. The molecule has 0 N–H and O–H groups in total. The number of rotatable bonds is 8. The minimum absolute atomic E-state index is 0.399. The van der Waals surface area contributed by atoms with Crippen LogP contribution in [0, 0.1) is 5.92 Å². The van der Waals surface area contributed by atoms with Crippen LogP contribution in [0.1, 0.15) is 93.6 Å². The predicted molar refractivity (Wildman–Crippen MR) is 119 cm³/mol. The number of hydrogen-bond donors (Lipinski definition) is 0. The summed E-state index contributed by atoms with van der Waals surface area (Å²) in [5, 5.41) is 0.761. The van der Waals surface area contributed by atoms with Crippen molar-refractivity contribution >= 4 is 21.4 Å². The zero-order valence-electron chi connectivity index (χ0n) is 17.7. The number of alkyl halides is 3. The summed E-state index contributed by atoms with van der Waals surface area (Å²) in [5.74, 6) is 1.25. The maximum atomic E-state index is 13.9. The number of thiophene rings is 1. The normalized spacial score (nSPS) is 20.7. The molecule has 0 unspecified atom stereocenters. The molecule has 29 heavy (non-hydrogen) atoms. The standard InChI is InChI=1S/C25H33F3S/c1-3-5-7-9-18-11-13-19(14-12-18)22-17-21-16-15-20(10-8-6-4-2)23(24(21)29-22)25(26,27)28/h4,6,15-19H,3,5,7-14H2,1-2H3/b6-4+. The molecule has 0 radical (unpaired) electrons. The van der Waals surface area contributed by atoms with E-state index in [2.05, 4.69) is 6.92 Å². The van der Waals surface area contributed by atoms with Crippen molar-refractivity contribution in [1.29, 1.82) is 0 Å². The Labute approximate surface area is 177 Å². The average Bonchev–Trinajstić information content (AvgIpc) is 3.11. The van der Waals surface area contributed by atoms with Crippen LogP contribution in [0.5, 0.6) is 0 Å². The fourth-order valence-electron chi connectivity index (χ4n) is 4.71. The lowest BCUT2D eigenvalue weighted by Gasteiger charge is -2.28. The van der Waals surface area contributed by atoms with Gasteiger partial charge < -0.3 is 0 Å². The zero-order valence-corrected chi connectivity index (χ0v) is 18.5. The molecule has 1 aliphatic carbocycles. The van der Waals surface area contributed by atoms with Crippen molar-refractivity contribution in [2.75, 3.05) is 0 Å². The first-order valence-electron chi connectivity index (χ1n) is 11.2. The molecule has 1 aromatic carbocycles. The largest absolute Gasteiger partial charge is 0.418 e. The van der Waals surface area contributed by atoms with Gasteiger partial charge >= 0.3 is 6.18 Å². The van der Waals surface area contributed by atoms with E-state index in [-0.39, 0.29) is 0 Å². The SMILES string of the molecule is C/C=C/CCc1ccc2cc(C3CCC(CCCCC)CC3)sc2c1C(F)(F)F. The smallest absolute Gasteiger partial charge is 0.166 e. The first kappa shape index (κ1) is 22.4. The van der Waals surface area contributed by atoms with E-state index in [0.717, 1.165) is 29.0 Å². The van der Waals surface area contributed by atoms with Crippen molar-refractivity contribution < 1.29 is 13.2 Å². The Balaban J connectivity index is 1.79. The van der Waals surface area contributed by atoms with Gasteiger partial charge in [-0.2, -0.15) is 13.2 Å². The van der Waals surface area contributed by atoms with Crippen LogP contribution < -0.4 is 0 Å². The predicted octanol–water partition coefficient (Wildman–Crippen LogP) is 9.28. The number of fused-ring (bicyclic) bond motifs is 1. The van der Waals surface area contributed by atoms with Gasteiger partial charge in [-0.05, 0) is 74.3 Å². The van der Waals surface area contributed by atoms with Crippen molar-refractivity contribution in [1.82, 2.24) is 0 Å². The lowest BCUT2D eigenvalue weighted by molar-refractivity contribution is -0.136. The lowest BCUT2D eigenvalue weighted by Crippen LogP contribution is -2.12. The Morgan fingerprint density at radius 2 is 1.86 bits per heavy atom. The van der Waals surface area contributed by atoms with Gasteiger partial charge in [-0.3, -0.25) is 0 Å². The Kier molecular flexibility index (Phi) is 7.84. The van der Waals surface area contributed by atoms with Crippen molar-refractivity contribution in [2.45, 2.75) is 90.1 Å². The molecular formula is C25H33F3S.